The molecule has 0 radical (unpaired) electrons. The Morgan fingerprint density at radius 2 is 2.06 bits per heavy atom. The summed E-state index contributed by atoms with van der Waals surface area (Å²) in [5.74, 6) is 1.42. The maximum Gasteiger partial charge on any atom is 0.256 e. The van der Waals surface area contributed by atoms with Gasteiger partial charge in [0, 0.05) is 0 Å². The third-order valence-electron chi connectivity index (χ3n) is 2.57. The molecule has 0 unspecified atom stereocenters. The Kier molecular flexibility index (Phi) is 3.62. The van der Waals surface area contributed by atoms with E-state index in [1.165, 1.54) is 0 Å². The molecular weight excluding hydrogens is 230 g/mol. The van der Waals surface area contributed by atoms with Crippen molar-refractivity contribution in [2.24, 2.45) is 0 Å². The summed E-state index contributed by atoms with van der Waals surface area (Å²) in [5, 5.41) is 0. The average Bonchev–Trinajstić information content (AvgIpc) is 2.37. The van der Waals surface area contributed by atoms with Gasteiger partial charge in [-0.25, -0.2) is 4.98 Å². The monoisotopic (exact) mass is 245 g/mol. The molecule has 94 valence electrons. The summed E-state index contributed by atoms with van der Waals surface area (Å²) in [7, 11) is 0. The number of aromatic nitrogens is 2. The van der Waals surface area contributed by atoms with Gasteiger partial charge in [0.15, 0.2) is 0 Å². The van der Waals surface area contributed by atoms with Gasteiger partial charge in [-0.3, -0.25) is 4.79 Å². The lowest BCUT2D eigenvalue weighted by atomic mass is 10.2. The number of ether oxygens (including phenoxy) is 1. The highest BCUT2D eigenvalue weighted by atomic mass is 16.5. The van der Waals surface area contributed by atoms with Crippen molar-refractivity contribution in [3.63, 3.8) is 0 Å². The van der Waals surface area contributed by atoms with E-state index in [0.29, 0.717) is 17.8 Å². The van der Waals surface area contributed by atoms with Crippen molar-refractivity contribution in [3.8, 4) is 5.75 Å². The van der Waals surface area contributed by atoms with Crippen LogP contribution in [-0.4, -0.2) is 9.97 Å². The summed E-state index contributed by atoms with van der Waals surface area (Å²) in [6, 6.07) is 9.32. The third kappa shape index (κ3) is 2.68. The molecule has 1 heterocycles. The number of nitrogens with zero attached hydrogens (tertiary/aromatic N) is 1. The molecule has 18 heavy (non-hydrogen) atoms. The van der Waals surface area contributed by atoms with Crippen molar-refractivity contribution >= 4 is 5.82 Å². The Labute approximate surface area is 105 Å². The average molecular weight is 245 g/mol. The maximum absolute atomic E-state index is 11.7. The van der Waals surface area contributed by atoms with Crippen LogP contribution in [0.3, 0.4) is 0 Å². The summed E-state index contributed by atoms with van der Waals surface area (Å²) < 4.78 is 5.49. The summed E-state index contributed by atoms with van der Waals surface area (Å²) in [6.45, 7) is 2.05. The van der Waals surface area contributed by atoms with Gasteiger partial charge in [-0.15, -0.1) is 0 Å². The molecule has 0 bridgehead atoms. The Bertz CT molecular complexity index is 579. The minimum Gasteiger partial charge on any atom is -0.486 e. The van der Waals surface area contributed by atoms with Gasteiger partial charge >= 0.3 is 0 Å². The van der Waals surface area contributed by atoms with Crippen molar-refractivity contribution in [1.82, 2.24) is 9.97 Å². The van der Waals surface area contributed by atoms with E-state index in [4.69, 9.17) is 10.5 Å². The van der Waals surface area contributed by atoms with Crippen LogP contribution in [0.1, 0.15) is 18.3 Å². The van der Waals surface area contributed by atoms with Crippen LogP contribution in [0, 0.1) is 0 Å². The number of benzene rings is 1. The van der Waals surface area contributed by atoms with E-state index in [1.807, 2.05) is 37.3 Å². The number of nitrogens with one attached hydrogen (secondary N) is 1. The predicted octanol–water partition coefficient (Wildman–Crippen LogP) is 1.49. The molecular formula is C13H15N3O2. The lowest BCUT2D eigenvalue weighted by molar-refractivity contribution is 0.295. The minimum atomic E-state index is -0.198. The Morgan fingerprint density at radius 3 is 2.67 bits per heavy atom. The zero-order valence-electron chi connectivity index (χ0n) is 10.1. The van der Waals surface area contributed by atoms with Gasteiger partial charge in [0.25, 0.3) is 5.56 Å². The number of para-hydroxylation sites is 1. The summed E-state index contributed by atoms with van der Waals surface area (Å²) in [4.78, 5) is 18.5. The van der Waals surface area contributed by atoms with Crippen LogP contribution in [0.25, 0.3) is 0 Å². The third-order valence-corrected chi connectivity index (χ3v) is 2.57. The molecule has 5 nitrogen and oxygen atoms in total. The van der Waals surface area contributed by atoms with Gasteiger partial charge in [0.05, 0.1) is 5.56 Å². The summed E-state index contributed by atoms with van der Waals surface area (Å²) in [6.07, 6.45) is 0.563. The molecule has 1 aromatic heterocycles. The van der Waals surface area contributed by atoms with Crippen molar-refractivity contribution < 1.29 is 4.74 Å². The van der Waals surface area contributed by atoms with E-state index in [0.717, 1.165) is 5.75 Å². The zero-order chi connectivity index (χ0) is 13.0. The Hall–Kier alpha value is -2.30. The standard InChI is InChI=1S/C13H15N3O2/c1-2-10-12(14)15-11(16-13(10)17)8-18-9-6-4-3-5-7-9/h3-7H,2,8H2,1H3,(H3,14,15,16,17). The molecule has 2 rings (SSSR count). The van der Waals surface area contributed by atoms with Crippen molar-refractivity contribution in [3.05, 3.63) is 52.1 Å². The SMILES string of the molecule is CCc1c(N)nc(COc2ccccc2)[nH]c1=O. The van der Waals surface area contributed by atoms with Gasteiger partial charge < -0.3 is 15.5 Å². The zero-order valence-corrected chi connectivity index (χ0v) is 10.1. The molecule has 3 N–H and O–H groups in total. The van der Waals surface area contributed by atoms with Crippen LogP contribution in [-0.2, 0) is 13.0 Å². The van der Waals surface area contributed by atoms with Crippen molar-refractivity contribution in [1.29, 1.82) is 0 Å². The smallest absolute Gasteiger partial charge is 0.256 e. The largest absolute Gasteiger partial charge is 0.486 e. The van der Waals surface area contributed by atoms with Crippen LogP contribution < -0.4 is 16.0 Å². The quantitative estimate of drug-likeness (QED) is 0.855. The van der Waals surface area contributed by atoms with Gasteiger partial charge in [0.1, 0.15) is 24.0 Å². The topological polar surface area (TPSA) is 81.0 Å². The summed E-state index contributed by atoms with van der Waals surface area (Å²) >= 11 is 0. The minimum absolute atomic E-state index is 0.188. The van der Waals surface area contributed by atoms with Gasteiger partial charge in [-0.1, -0.05) is 25.1 Å². The molecule has 0 spiro atoms. The molecule has 1 aromatic carbocycles. The molecule has 0 amide bonds. The highest BCUT2D eigenvalue weighted by Crippen LogP contribution is 2.10. The maximum atomic E-state index is 11.7. The van der Waals surface area contributed by atoms with Gasteiger partial charge in [-0.05, 0) is 18.6 Å². The number of hydrogen-bond acceptors (Lipinski definition) is 4. The van der Waals surface area contributed by atoms with E-state index >= 15 is 0 Å². The molecule has 5 heteroatoms. The van der Waals surface area contributed by atoms with Crippen molar-refractivity contribution in [2.45, 2.75) is 20.0 Å². The van der Waals surface area contributed by atoms with E-state index < -0.39 is 0 Å². The van der Waals surface area contributed by atoms with E-state index in [-0.39, 0.29) is 18.0 Å². The first-order chi connectivity index (χ1) is 8.70. The second-order valence-corrected chi connectivity index (χ2v) is 3.83. The van der Waals surface area contributed by atoms with Gasteiger partial charge in [0.2, 0.25) is 0 Å². The summed E-state index contributed by atoms with van der Waals surface area (Å²) in [5.41, 5.74) is 6.03. The highest BCUT2D eigenvalue weighted by molar-refractivity contribution is 5.37. The second-order valence-electron chi connectivity index (χ2n) is 3.83. The lowest BCUT2D eigenvalue weighted by Crippen LogP contribution is -2.20. The van der Waals surface area contributed by atoms with Crippen LogP contribution in [0.15, 0.2) is 35.1 Å². The molecule has 2 aromatic rings. The fourth-order valence-corrected chi connectivity index (χ4v) is 1.64. The van der Waals surface area contributed by atoms with E-state index in [2.05, 4.69) is 9.97 Å². The number of anilines is 1. The molecule has 0 aliphatic rings. The van der Waals surface area contributed by atoms with Gasteiger partial charge in [-0.2, -0.15) is 0 Å². The van der Waals surface area contributed by atoms with Crippen LogP contribution in [0.2, 0.25) is 0 Å². The molecule has 0 aliphatic carbocycles. The number of nitrogens with two attached hydrogens (primary N) is 1. The fourth-order valence-electron chi connectivity index (χ4n) is 1.64. The first-order valence-electron chi connectivity index (χ1n) is 5.76. The molecule has 0 saturated carbocycles. The molecule has 0 fully saturated rings. The van der Waals surface area contributed by atoms with E-state index in [1.54, 1.807) is 0 Å². The van der Waals surface area contributed by atoms with Crippen LogP contribution in [0.5, 0.6) is 5.75 Å². The normalized spacial score (nSPS) is 10.3. The number of nitrogen functional groups attached to an aromatic ring is 1. The fraction of sp³-hybridized carbons (Fsp3) is 0.231. The Morgan fingerprint density at radius 1 is 1.33 bits per heavy atom. The lowest BCUT2D eigenvalue weighted by Gasteiger charge is -2.07. The number of aromatic amines is 1. The number of hydrogen-bond donors (Lipinski definition) is 2. The number of H-pyrrole nitrogens is 1. The second kappa shape index (κ2) is 5.35. The van der Waals surface area contributed by atoms with Crippen LogP contribution >= 0.6 is 0 Å². The molecule has 0 atom stereocenters. The van der Waals surface area contributed by atoms with E-state index in [9.17, 15) is 4.79 Å². The predicted molar refractivity (Wildman–Crippen MR) is 69.4 cm³/mol. The Balaban J connectivity index is 2.14. The highest BCUT2D eigenvalue weighted by Gasteiger charge is 2.07. The van der Waals surface area contributed by atoms with Crippen molar-refractivity contribution in [2.75, 3.05) is 5.73 Å². The molecule has 0 aliphatic heterocycles. The van der Waals surface area contributed by atoms with Crippen LogP contribution in [0.4, 0.5) is 5.82 Å². The molecule has 0 saturated heterocycles. The number of rotatable bonds is 4. The first-order valence-corrected chi connectivity index (χ1v) is 5.76. The first kappa shape index (κ1) is 12.2.